The van der Waals surface area contributed by atoms with Crippen LogP contribution in [0.5, 0.6) is 5.75 Å². The predicted octanol–water partition coefficient (Wildman–Crippen LogP) is 2.90. The summed E-state index contributed by atoms with van der Waals surface area (Å²) in [6.07, 6.45) is 1.82. The molecule has 3 rings (SSSR count). The van der Waals surface area contributed by atoms with Gasteiger partial charge in [-0.05, 0) is 35.9 Å². The van der Waals surface area contributed by atoms with Crippen LogP contribution in [-0.2, 0) is 11.3 Å². The van der Waals surface area contributed by atoms with E-state index in [9.17, 15) is 9.59 Å². The van der Waals surface area contributed by atoms with Crippen molar-refractivity contribution in [1.29, 1.82) is 0 Å². The second-order valence-corrected chi connectivity index (χ2v) is 5.73. The smallest absolute Gasteiger partial charge is 0.341 e. The minimum Gasteiger partial charge on any atom is -0.482 e. The van der Waals surface area contributed by atoms with Gasteiger partial charge in [0, 0.05) is 36.3 Å². The van der Waals surface area contributed by atoms with Crippen LogP contribution in [0.3, 0.4) is 0 Å². The fourth-order valence-corrected chi connectivity index (χ4v) is 2.66. The molecule has 0 radical (unpaired) electrons. The number of carboxylic acids is 1. The van der Waals surface area contributed by atoms with E-state index in [1.165, 1.54) is 0 Å². The number of aliphatic carboxylic acids is 1. The van der Waals surface area contributed by atoms with Gasteiger partial charge in [-0.2, -0.15) is 0 Å². The van der Waals surface area contributed by atoms with Crippen molar-refractivity contribution < 1.29 is 19.4 Å². The molecule has 6 nitrogen and oxygen atoms in total. The molecule has 2 N–H and O–H groups in total. The SMILES string of the molecule is CN(Cc1ccc(OCC(=O)O)cc1)C(=O)c1cccc2[nH]ccc12. The molecular formula is C19H18N2O4. The lowest BCUT2D eigenvalue weighted by atomic mass is 10.1. The lowest BCUT2D eigenvalue weighted by Crippen LogP contribution is -2.26. The van der Waals surface area contributed by atoms with E-state index in [-0.39, 0.29) is 12.5 Å². The summed E-state index contributed by atoms with van der Waals surface area (Å²) < 4.78 is 5.10. The van der Waals surface area contributed by atoms with E-state index in [2.05, 4.69) is 4.98 Å². The Hall–Kier alpha value is -3.28. The number of H-pyrrole nitrogens is 1. The number of hydrogen-bond donors (Lipinski definition) is 2. The molecule has 1 aromatic heterocycles. The molecule has 0 unspecified atom stereocenters. The van der Waals surface area contributed by atoms with E-state index in [0.29, 0.717) is 17.9 Å². The van der Waals surface area contributed by atoms with E-state index >= 15 is 0 Å². The van der Waals surface area contributed by atoms with Crippen LogP contribution >= 0.6 is 0 Å². The first-order chi connectivity index (χ1) is 12.0. The summed E-state index contributed by atoms with van der Waals surface area (Å²) in [6.45, 7) is 0.0667. The molecule has 0 aliphatic heterocycles. The topological polar surface area (TPSA) is 82.6 Å². The third kappa shape index (κ3) is 3.80. The van der Waals surface area contributed by atoms with Crippen LogP contribution in [0.25, 0.3) is 10.9 Å². The summed E-state index contributed by atoms with van der Waals surface area (Å²) in [7, 11) is 1.75. The summed E-state index contributed by atoms with van der Waals surface area (Å²) in [6, 6.07) is 14.5. The first-order valence-corrected chi connectivity index (χ1v) is 7.79. The first kappa shape index (κ1) is 16.6. The number of aromatic nitrogens is 1. The van der Waals surface area contributed by atoms with Crippen molar-refractivity contribution in [3.8, 4) is 5.75 Å². The summed E-state index contributed by atoms with van der Waals surface area (Å²) in [4.78, 5) is 28.0. The van der Waals surface area contributed by atoms with Gasteiger partial charge >= 0.3 is 5.97 Å². The Morgan fingerprint density at radius 1 is 1.12 bits per heavy atom. The highest BCUT2D eigenvalue weighted by Gasteiger charge is 2.15. The van der Waals surface area contributed by atoms with Crippen molar-refractivity contribution in [2.24, 2.45) is 0 Å². The summed E-state index contributed by atoms with van der Waals surface area (Å²) in [5, 5.41) is 9.51. The van der Waals surface area contributed by atoms with Crippen LogP contribution in [-0.4, -0.2) is 40.5 Å². The van der Waals surface area contributed by atoms with Gasteiger partial charge in [-0.1, -0.05) is 18.2 Å². The molecule has 0 bridgehead atoms. The van der Waals surface area contributed by atoms with Gasteiger partial charge in [0.15, 0.2) is 6.61 Å². The maximum atomic E-state index is 12.7. The number of ether oxygens (including phenoxy) is 1. The molecule has 0 aliphatic carbocycles. The van der Waals surface area contributed by atoms with Crippen LogP contribution < -0.4 is 4.74 Å². The van der Waals surface area contributed by atoms with Crippen molar-refractivity contribution in [2.75, 3.05) is 13.7 Å². The monoisotopic (exact) mass is 338 g/mol. The number of carbonyl (C=O) groups is 2. The zero-order valence-electron chi connectivity index (χ0n) is 13.7. The maximum absolute atomic E-state index is 12.7. The average molecular weight is 338 g/mol. The number of benzene rings is 2. The Kier molecular flexibility index (Phi) is 4.70. The minimum atomic E-state index is -1.02. The molecule has 2 aromatic carbocycles. The number of carboxylic acid groups (broad SMARTS) is 1. The molecule has 6 heteroatoms. The van der Waals surface area contributed by atoms with Crippen LogP contribution in [0.4, 0.5) is 0 Å². The quantitative estimate of drug-likeness (QED) is 0.724. The Bertz CT molecular complexity index is 899. The molecule has 128 valence electrons. The van der Waals surface area contributed by atoms with E-state index in [1.54, 1.807) is 24.1 Å². The first-order valence-electron chi connectivity index (χ1n) is 7.79. The van der Waals surface area contributed by atoms with E-state index in [1.807, 2.05) is 42.6 Å². The fraction of sp³-hybridized carbons (Fsp3) is 0.158. The number of rotatable bonds is 6. The Morgan fingerprint density at radius 2 is 1.88 bits per heavy atom. The third-order valence-electron chi connectivity index (χ3n) is 3.88. The second-order valence-electron chi connectivity index (χ2n) is 5.73. The van der Waals surface area contributed by atoms with Gasteiger partial charge in [0.05, 0.1) is 0 Å². The number of fused-ring (bicyclic) bond motifs is 1. The normalized spacial score (nSPS) is 10.6. The second kappa shape index (κ2) is 7.09. The van der Waals surface area contributed by atoms with Gasteiger partial charge in [-0.15, -0.1) is 0 Å². The molecule has 1 amide bonds. The average Bonchev–Trinajstić information content (AvgIpc) is 3.09. The highest BCUT2D eigenvalue weighted by atomic mass is 16.5. The van der Waals surface area contributed by atoms with Crippen molar-refractivity contribution in [1.82, 2.24) is 9.88 Å². The summed E-state index contributed by atoms with van der Waals surface area (Å²) in [5.41, 5.74) is 2.52. The number of carbonyl (C=O) groups excluding carboxylic acids is 1. The Balaban J connectivity index is 1.69. The van der Waals surface area contributed by atoms with Gasteiger partial charge in [0.1, 0.15) is 5.75 Å². The van der Waals surface area contributed by atoms with Crippen molar-refractivity contribution in [3.63, 3.8) is 0 Å². The standard InChI is InChI=1S/C19H18N2O4/c1-21(11-13-5-7-14(8-6-13)25-12-18(22)23)19(24)16-3-2-4-17-15(16)9-10-20-17/h2-10,20H,11-12H2,1H3,(H,22,23). The Morgan fingerprint density at radius 3 is 2.60 bits per heavy atom. The Labute approximate surface area is 144 Å². The van der Waals surface area contributed by atoms with Crippen LogP contribution in [0, 0.1) is 0 Å². The van der Waals surface area contributed by atoms with E-state index in [4.69, 9.17) is 9.84 Å². The highest BCUT2D eigenvalue weighted by Crippen LogP contribution is 2.20. The molecule has 0 saturated heterocycles. The molecule has 0 aliphatic rings. The molecule has 25 heavy (non-hydrogen) atoms. The maximum Gasteiger partial charge on any atom is 0.341 e. The van der Waals surface area contributed by atoms with Crippen LogP contribution in [0.15, 0.2) is 54.7 Å². The van der Waals surface area contributed by atoms with Gasteiger partial charge in [0.2, 0.25) is 0 Å². The number of amides is 1. The van der Waals surface area contributed by atoms with Gasteiger partial charge in [-0.25, -0.2) is 4.79 Å². The molecule has 1 heterocycles. The largest absolute Gasteiger partial charge is 0.482 e. The van der Waals surface area contributed by atoms with Crippen molar-refractivity contribution in [3.05, 3.63) is 65.9 Å². The van der Waals surface area contributed by atoms with Crippen LogP contribution in [0.1, 0.15) is 15.9 Å². The third-order valence-corrected chi connectivity index (χ3v) is 3.88. The molecule has 0 fully saturated rings. The molecule has 0 spiro atoms. The van der Waals surface area contributed by atoms with E-state index < -0.39 is 5.97 Å². The number of nitrogens with one attached hydrogen (secondary N) is 1. The number of hydrogen-bond acceptors (Lipinski definition) is 3. The number of aromatic amines is 1. The molecule has 0 saturated carbocycles. The molecular weight excluding hydrogens is 320 g/mol. The lowest BCUT2D eigenvalue weighted by molar-refractivity contribution is -0.139. The molecule has 0 atom stereocenters. The zero-order chi connectivity index (χ0) is 17.8. The van der Waals surface area contributed by atoms with Gasteiger partial charge in [-0.3, -0.25) is 4.79 Å². The van der Waals surface area contributed by atoms with E-state index in [0.717, 1.165) is 16.5 Å². The predicted molar refractivity (Wildman–Crippen MR) is 93.7 cm³/mol. The minimum absolute atomic E-state index is 0.0589. The lowest BCUT2D eigenvalue weighted by Gasteiger charge is -2.18. The zero-order valence-corrected chi connectivity index (χ0v) is 13.7. The molecule has 3 aromatic rings. The fourth-order valence-electron chi connectivity index (χ4n) is 2.66. The van der Waals surface area contributed by atoms with Gasteiger partial charge < -0.3 is 19.7 Å². The highest BCUT2D eigenvalue weighted by molar-refractivity contribution is 6.06. The van der Waals surface area contributed by atoms with Crippen molar-refractivity contribution in [2.45, 2.75) is 6.54 Å². The summed E-state index contributed by atoms with van der Waals surface area (Å²) >= 11 is 0. The number of nitrogens with zero attached hydrogens (tertiary/aromatic N) is 1. The van der Waals surface area contributed by atoms with Gasteiger partial charge in [0.25, 0.3) is 5.91 Å². The summed E-state index contributed by atoms with van der Waals surface area (Å²) in [5.74, 6) is -0.595. The van der Waals surface area contributed by atoms with Crippen LogP contribution in [0.2, 0.25) is 0 Å². The van der Waals surface area contributed by atoms with Crippen molar-refractivity contribution >= 4 is 22.8 Å².